The molecule has 5 nitrogen and oxygen atoms in total. The number of nitrogens with zero attached hydrogens (tertiary/aromatic N) is 2. The Labute approximate surface area is 143 Å². The maximum atomic E-state index is 12.6. The van der Waals surface area contributed by atoms with Gasteiger partial charge in [0.15, 0.2) is 11.6 Å². The number of nitrogens with one attached hydrogen (secondary N) is 1. The minimum absolute atomic E-state index is 0.208. The Hall–Kier alpha value is -2.86. The maximum absolute atomic E-state index is 12.6. The number of urea groups is 1. The summed E-state index contributed by atoms with van der Waals surface area (Å²) < 4.78 is 5.64. The standard InChI is InChI=1S/C18H15N3O2S/c22-18(19-14-4-2-1-3-5-14)21-9-10-23-16-7-6-15(20-17(16)21)13-8-11-24-12-13/h1-8,11-12H,9-10H2,(H,19,22). The highest BCUT2D eigenvalue weighted by Gasteiger charge is 2.26. The average Bonchev–Trinajstić information content (AvgIpc) is 3.16. The van der Waals surface area contributed by atoms with Crippen LogP contribution in [0, 0.1) is 0 Å². The fourth-order valence-electron chi connectivity index (χ4n) is 2.58. The van der Waals surface area contributed by atoms with Crippen LogP contribution in [0.5, 0.6) is 5.75 Å². The molecule has 1 aliphatic rings. The maximum Gasteiger partial charge on any atom is 0.327 e. The Bertz CT molecular complexity index is 850. The zero-order valence-electron chi connectivity index (χ0n) is 12.8. The largest absolute Gasteiger partial charge is 0.488 e. The molecule has 1 aromatic carbocycles. The molecule has 1 N–H and O–H groups in total. The number of carbonyl (C=O) groups is 1. The van der Waals surface area contributed by atoms with Gasteiger partial charge in [0.25, 0.3) is 0 Å². The van der Waals surface area contributed by atoms with Gasteiger partial charge in [0.05, 0.1) is 12.2 Å². The van der Waals surface area contributed by atoms with Crippen molar-refractivity contribution in [3.05, 3.63) is 59.3 Å². The van der Waals surface area contributed by atoms with Crippen molar-refractivity contribution in [2.75, 3.05) is 23.4 Å². The number of anilines is 2. The number of hydrogen-bond donors (Lipinski definition) is 1. The van der Waals surface area contributed by atoms with Gasteiger partial charge in [0, 0.05) is 16.6 Å². The fraction of sp³-hybridized carbons (Fsp3) is 0.111. The van der Waals surface area contributed by atoms with Crippen molar-refractivity contribution in [3.8, 4) is 17.0 Å². The number of carbonyl (C=O) groups excluding carboxylic acids is 1. The molecular formula is C18H15N3O2S. The fourth-order valence-corrected chi connectivity index (χ4v) is 3.23. The van der Waals surface area contributed by atoms with Gasteiger partial charge in [-0.2, -0.15) is 11.3 Å². The Morgan fingerprint density at radius 2 is 2.04 bits per heavy atom. The van der Waals surface area contributed by atoms with Gasteiger partial charge >= 0.3 is 6.03 Å². The first kappa shape index (κ1) is 14.7. The van der Waals surface area contributed by atoms with E-state index in [9.17, 15) is 4.79 Å². The van der Waals surface area contributed by atoms with E-state index in [1.807, 2.05) is 59.3 Å². The van der Waals surface area contributed by atoms with Crippen molar-refractivity contribution in [3.63, 3.8) is 0 Å². The van der Waals surface area contributed by atoms with E-state index in [-0.39, 0.29) is 6.03 Å². The monoisotopic (exact) mass is 337 g/mol. The summed E-state index contributed by atoms with van der Waals surface area (Å²) in [6.07, 6.45) is 0. The van der Waals surface area contributed by atoms with Gasteiger partial charge < -0.3 is 10.1 Å². The number of rotatable bonds is 2. The van der Waals surface area contributed by atoms with E-state index in [1.165, 1.54) is 0 Å². The van der Waals surface area contributed by atoms with Gasteiger partial charge in [-0.05, 0) is 35.7 Å². The molecule has 0 saturated carbocycles. The predicted octanol–water partition coefficient (Wildman–Crippen LogP) is 4.24. The second-order valence-corrected chi connectivity index (χ2v) is 6.11. The molecule has 3 heterocycles. The number of pyridine rings is 1. The van der Waals surface area contributed by atoms with Gasteiger partial charge in [-0.1, -0.05) is 18.2 Å². The van der Waals surface area contributed by atoms with Crippen molar-refractivity contribution in [2.24, 2.45) is 0 Å². The minimum atomic E-state index is -0.208. The summed E-state index contributed by atoms with van der Waals surface area (Å²) in [5, 5.41) is 6.94. The highest BCUT2D eigenvalue weighted by atomic mass is 32.1. The predicted molar refractivity (Wildman–Crippen MR) is 95.9 cm³/mol. The lowest BCUT2D eigenvalue weighted by molar-refractivity contribution is 0.249. The van der Waals surface area contributed by atoms with Gasteiger partial charge in [0.1, 0.15) is 6.61 Å². The van der Waals surface area contributed by atoms with Crippen LogP contribution < -0.4 is 15.0 Å². The highest BCUT2D eigenvalue weighted by Crippen LogP contribution is 2.33. The lowest BCUT2D eigenvalue weighted by Crippen LogP contribution is -2.41. The molecule has 2 aromatic heterocycles. The SMILES string of the molecule is O=C(Nc1ccccc1)N1CCOc2ccc(-c3ccsc3)nc21. The third-order valence-electron chi connectivity index (χ3n) is 3.75. The number of benzene rings is 1. The van der Waals surface area contributed by atoms with E-state index in [2.05, 4.69) is 10.3 Å². The molecule has 0 radical (unpaired) electrons. The van der Waals surface area contributed by atoms with E-state index in [0.29, 0.717) is 24.7 Å². The van der Waals surface area contributed by atoms with Crippen LogP contribution in [-0.4, -0.2) is 24.2 Å². The Morgan fingerprint density at radius 3 is 2.83 bits per heavy atom. The number of ether oxygens (including phenoxy) is 1. The van der Waals surface area contributed by atoms with Crippen molar-refractivity contribution < 1.29 is 9.53 Å². The van der Waals surface area contributed by atoms with E-state index >= 15 is 0 Å². The summed E-state index contributed by atoms with van der Waals surface area (Å²) in [5.74, 6) is 1.18. The van der Waals surface area contributed by atoms with Crippen LogP contribution in [0.4, 0.5) is 16.3 Å². The van der Waals surface area contributed by atoms with Gasteiger partial charge in [0.2, 0.25) is 0 Å². The lowest BCUT2D eigenvalue weighted by atomic mass is 10.2. The molecule has 0 bridgehead atoms. The van der Waals surface area contributed by atoms with Crippen LogP contribution in [0.25, 0.3) is 11.3 Å². The summed E-state index contributed by atoms with van der Waals surface area (Å²) >= 11 is 1.62. The van der Waals surface area contributed by atoms with Crippen molar-refractivity contribution >= 4 is 28.9 Å². The summed E-state index contributed by atoms with van der Waals surface area (Å²) in [4.78, 5) is 18.9. The van der Waals surface area contributed by atoms with Crippen LogP contribution in [0.15, 0.2) is 59.3 Å². The minimum Gasteiger partial charge on any atom is -0.488 e. The molecule has 6 heteroatoms. The Morgan fingerprint density at radius 1 is 1.17 bits per heavy atom. The molecule has 0 unspecified atom stereocenters. The number of para-hydroxylation sites is 1. The number of hydrogen-bond acceptors (Lipinski definition) is 4. The van der Waals surface area contributed by atoms with Crippen LogP contribution in [0.2, 0.25) is 0 Å². The molecule has 24 heavy (non-hydrogen) atoms. The van der Waals surface area contributed by atoms with Crippen molar-refractivity contribution in [1.82, 2.24) is 4.98 Å². The lowest BCUT2D eigenvalue weighted by Gasteiger charge is -2.28. The molecule has 0 fully saturated rings. The second-order valence-electron chi connectivity index (χ2n) is 5.33. The van der Waals surface area contributed by atoms with Crippen LogP contribution in [0.1, 0.15) is 0 Å². The van der Waals surface area contributed by atoms with Crippen LogP contribution >= 0.6 is 11.3 Å². The zero-order chi connectivity index (χ0) is 16.4. The smallest absolute Gasteiger partial charge is 0.327 e. The Kier molecular flexibility index (Phi) is 3.88. The van der Waals surface area contributed by atoms with Gasteiger partial charge in [-0.25, -0.2) is 9.78 Å². The third-order valence-corrected chi connectivity index (χ3v) is 4.44. The Balaban J connectivity index is 1.64. The summed E-state index contributed by atoms with van der Waals surface area (Å²) in [7, 11) is 0. The van der Waals surface area contributed by atoms with Crippen LogP contribution in [-0.2, 0) is 0 Å². The second kappa shape index (κ2) is 6.33. The average molecular weight is 337 g/mol. The summed E-state index contributed by atoms with van der Waals surface area (Å²) in [6.45, 7) is 0.917. The quantitative estimate of drug-likeness (QED) is 0.761. The topological polar surface area (TPSA) is 54.5 Å². The van der Waals surface area contributed by atoms with E-state index in [0.717, 1.165) is 16.9 Å². The first-order valence-electron chi connectivity index (χ1n) is 7.61. The summed E-state index contributed by atoms with van der Waals surface area (Å²) in [6, 6.07) is 15.0. The normalized spacial score (nSPS) is 13.1. The molecule has 4 rings (SSSR count). The molecule has 0 atom stereocenters. The zero-order valence-corrected chi connectivity index (χ0v) is 13.6. The highest BCUT2D eigenvalue weighted by molar-refractivity contribution is 7.08. The molecular weight excluding hydrogens is 322 g/mol. The molecule has 120 valence electrons. The molecule has 0 saturated heterocycles. The molecule has 3 aromatic rings. The summed E-state index contributed by atoms with van der Waals surface area (Å²) in [5.41, 5.74) is 2.62. The first-order valence-corrected chi connectivity index (χ1v) is 8.55. The molecule has 0 aliphatic carbocycles. The van der Waals surface area contributed by atoms with Crippen molar-refractivity contribution in [1.29, 1.82) is 0 Å². The van der Waals surface area contributed by atoms with E-state index in [1.54, 1.807) is 16.2 Å². The number of aromatic nitrogens is 1. The van der Waals surface area contributed by atoms with Gasteiger partial charge in [-0.15, -0.1) is 0 Å². The number of amides is 2. The number of thiophene rings is 1. The van der Waals surface area contributed by atoms with E-state index in [4.69, 9.17) is 4.74 Å². The third kappa shape index (κ3) is 2.83. The van der Waals surface area contributed by atoms with E-state index < -0.39 is 0 Å². The molecule has 2 amide bonds. The number of fused-ring (bicyclic) bond motifs is 1. The van der Waals surface area contributed by atoms with Crippen LogP contribution in [0.3, 0.4) is 0 Å². The van der Waals surface area contributed by atoms with Gasteiger partial charge in [-0.3, -0.25) is 4.90 Å². The first-order chi connectivity index (χ1) is 11.8. The van der Waals surface area contributed by atoms with Crippen molar-refractivity contribution in [2.45, 2.75) is 0 Å². The molecule has 1 aliphatic heterocycles. The molecule has 0 spiro atoms.